The predicted octanol–water partition coefficient (Wildman–Crippen LogP) is 11.7. The maximum atomic E-state index is 6.65. The first kappa shape index (κ1) is 29.9. The minimum Gasteiger partial charge on any atom is -0.456 e. The molecule has 0 saturated heterocycles. The smallest absolute Gasteiger partial charge is 0.333 e. The molecule has 4 heteroatoms. The van der Waals surface area contributed by atoms with Crippen LogP contribution in [-0.2, 0) is 10.8 Å². The number of aromatic nitrogens is 1. The number of rotatable bonds is 1. The molecule has 2 aliphatic rings. The summed E-state index contributed by atoms with van der Waals surface area (Å²) < 4.78 is 9.25. The number of benzene rings is 7. The normalized spacial score (nSPS) is 13.9. The molecule has 0 unspecified atom stereocenters. The Kier molecular flexibility index (Phi) is 5.75. The van der Waals surface area contributed by atoms with Crippen LogP contribution in [0.15, 0.2) is 132 Å². The summed E-state index contributed by atoms with van der Waals surface area (Å²) in [7, 11) is 0. The van der Waals surface area contributed by atoms with Crippen LogP contribution in [0, 0.1) is 0 Å². The van der Waals surface area contributed by atoms with Crippen molar-refractivity contribution >= 4 is 83.7 Å². The summed E-state index contributed by atoms with van der Waals surface area (Å²) in [6.45, 7) is 13.9. The first-order valence-electron chi connectivity index (χ1n) is 18.6. The maximum absolute atomic E-state index is 6.65. The Morgan fingerprint density at radius 2 is 1.29 bits per heavy atom. The Morgan fingerprint density at radius 3 is 2.08 bits per heavy atom. The van der Waals surface area contributed by atoms with Crippen LogP contribution in [0.5, 0.6) is 0 Å². The fraction of sp³-hybridized carbons (Fsp3) is 0.167. The lowest BCUT2D eigenvalue weighted by atomic mass is 9.43. The van der Waals surface area contributed by atoms with Crippen molar-refractivity contribution in [1.29, 1.82) is 0 Å². The van der Waals surface area contributed by atoms with Crippen LogP contribution >= 0.6 is 0 Å². The molecule has 0 spiro atoms. The minimum absolute atomic E-state index is 0.0640. The first-order valence-corrected chi connectivity index (χ1v) is 18.6. The second kappa shape index (κ2) is 9.98. The van der Waals surface area contributed by atoms with E-state index in [4.69, 9.17) is 4.42 Å². The maximum Gasteiger partial charge on any atom is 0.333 e. The van der Waals surface area contributed by atoms with Crippen LogP contribution in [0.1, 0.15) is 52.7 Å². The fourth-order valence-electron chi connectivity index (χ4n) is 9.41. The van der Waals surface area contributed by atoms with Gasteiger partial charge >= 0.3 is 6.85 Å². The Bertz CT molecular complexity index is 2990. The highest BCUT2D eigenvalue weighted by molar-refractivity contribution is 6.94. The zero-order valence-corrected chi connectivity index (χ0v) is 30.5. The van der Waals surface area contributed by atoms with Crippen molar-refractivity contribution < 1.29 is 4.42 Å². The highest BCUT2D eigenvalue weighted by Crippen LogP contribution is 2.49. The summed E-state index contributed by atoms with van der Waals surface area (Å²) in [5.41, 5.74) is 16.0. The van der Waals surface area contributed by atoms with Gasteiger partial charge in [0, 0.05) is 44.2 Å². The Hall–Kier alpha value is -5.74. The lowest BCUT2D eigenvalue weighted by molar-refractivity contribution is 0.590. The molecule has 0 amide bonds. The molecule has 7 aromatic carbocycles. The summed E-state index contributed by atoms with van der Waals surface area (Å²) in [5.74, 6) is 0. The summed E-state index contributed by atoms with van der Waals surface area (Å²) in [5, 5.41) is 7.58. The van der Waals surface area contributed by atoms with E-state index in [-0.39, 0.29) is 17.7 Å². The van der Waals surface area contributed by atoms with Crippen molar-refractivity contribution in [3.05, 3.63) is 139 Å². The molecular weight excluding hydrogens is 631 g/mol. The molecule has 9 aromatic rings. The molecule has 52 heavy (non-hydrogen) atoms. The van der Waals surface area contributed by atoms with Gasteiger partial charge in [0.25, 0.3) is 0 Å². The van der Waals surface area contributed by atoms with Gasteiger partial charge in [0.1, 0.15) is 11.2 Å². The molecule has 0 atom stereocenters. The zero-order chi connectivity index (χ0) is 35.3. The van der Waals surface area contributed by atoms with E-state index >= 15 is 0 Å². The lowest BCUT2D eigenvalue weighted by Crippen LogP contribution is -2.60. The largest absolute Gasteiger partial charge is 0.456 e. The quantitative estimate of drug-likeness (QED) is 0.162. The van der Waals surface area contributed by atoms with E-state index in [1.165, 1.54) is 82.8 Å². The SMILES string of the molecule is CC(C)(C)c1ccc(N2B3c4cc5oc6ccccc6c5cc4-n4c5ccc6ccccc6c5c5c(C(C)(C)C)cc(c3c54)-c3ccccc32)cc1. The molecule has 11 rings (SSSR count). The van der Waals surface area contributed by atoms with Crippen LogP contribution in [0.4, 0.5) is 11.4 Å². The van der Waals surface area contributed by atoms with Gasteiger partial charge in [-0.2, -0.15) is 0 Å². The summed E-state index contributed by atoms with van der Waals surface area (Å²) >= 11 is 0. The van der Waals surface area contributed by atoms with Crippen LogP contribution in [0.3, 0.4) is 0 Å². The van der Waals surface area contributed by atoms with Crippen molar-refractivity contribution in [2.75, 3.05) is 4.81 Å². The molecule has 0 saturated carbocycles. The molecule has 2 aliphatic heterocycles. The standard InChI is InChI=1S/C48H39BN2O/c1-47(2,3)29-20-22-30(23-21-29)51-38-17-11-9-15-32(38)35-25-36(48(4,5)6)44-43-31-14-8-7-13-28(31)19-24-39(43)50-40-26-34-33-16-10-12-18-41(33)52-42(34)27-37(40)49(51)45(35)46(44)50/h7-27H,1-6H3. The van der Waals surface area contributed by atoms with E-state index in [0.29, 0.717) is 0 Å². The summed E-state index contributed by atoms with van der Waals surface area (Å²) in [6.07, 6.45) is 0. The van der Waals surface area contributed by atoms with Crippen molar-refractivity contribution in [2.45, 2.75) is 52.4 Å². The monoisotopic (exact) mass is 670 g/mol. The van der Waals surface area contributed by atoms with Gasteiger partial charge in [-0.3, -0.25) is 0 Å². The summed E-state index contributed by atoms with van der Waals surface area (Å²) in [6, 6.07) is 47.7. The minimum atomic E-state index is -0.0968. The first-order chi connectivity index (χ1) is 25.1. The van der Waals surface area contributed by atoms with E-state index < -0.39 is 0 Å². The molecule has 0 radical (unpaired) electrons. The molecule has 0 bridgehead atoms. The number of hydrogen-bond donors (Lipinski definition) is 0. The topological polar surface area (TPSA) is 21.3 Å². The lowest BCUT2D eigenvalue weighted by Gasteiger charge is -2.42. The second-order valence-electron chi connectivity index (χ2n) is 17.0. The van der Waals surface area contributed by atoms with Gasteiger partial charge in [-0.1, -0.05) is 126 Å². The highest BCUT2D eigenvalue weighted by Gasteiger charge is 2.45. The van der Waals surface area contributed by atoms with Gasteiger partial charge < -0.3 is 13.8 Å². The van der Waals surface area contributed by atoms with Crippen LogP contribution in [-0.4, -0.2) is 11.4 Å². The van der Waals surface area contributed by atoms with Crippen molar-refractivity contribution in [2.24, 2.45) is 0 Å². The van der Waals surface area contributed by atoms with E-state index in [0.717, 1.165) is 21.9 Å². The molecule has 250 valence electrons. The number of nitrogens with zero attached hydrogens (tertiary/aromatic N) is 2. The van der Waals surface area contributed by atoms with Crippen LogP contribution in [0.2, 0.25) is 0 Å². The van der Waals surface area contributed by atoms with Crippen LogP contribution < -0.4 is 15.7 Å². The average Bonchev–Trinajstić information content (AvgIpc) is 3.68. The Labute approximate surface area is 304 Å². The molecule has 0 fully saturated rings. The molecule has 4 heterocycles. The van der Waals surface area contributed by atoms with E-state index in [2.05, 4.69) is 178 Å². The number of anilines is 2. The third-order valence-corrected chi connectivity index (χ3v) is 11.8. The second-order valence-corrected chi connectivity index (χ2v) is 17.0. The average molecular weight is 671 g/mol. The number of furan rings is 1. The number of hydrogen-bond acceptors (Lipinski definition) is 2. The number of para-hydroxylation sites is 2. The van der Waals surface area contributed by atoms with Gasteiger partial charge in [0.05, 0.1) is 11.0 Å². The van der Waals surface area contributed by atoms with Crippen LogP contribution in [0.25, 0.3) is 71.3 Å². The third-order valence-electron chi connectivity index (χ3n) is 11.8. The fourth-order valence-corrected chi connectivity index (χ4v) is 9.41. The molecule has 0 aliphatic carbocycles. The third kappa shape index (κ3) is 3.87. The molecule has 3 nitrogen and oxygen atoms in total. The zero-order valence-electron chi connectivity index (χ0n) is 30.5. The van der Waals surface area contributed by atoms with E-state index in [1.807, 2.05) is 0 Å². The van der Waals surface area contributed by atoms with Gasteiger partial charge in [0.15, 0.2) is 0 Å². The van der Waals surface area contributed by atoms with Gasteiger partial charge in [-0.05, 0) is 91.7 Å². The summed E-state index contributed by atoms with van der Waals surface area (Å²) in [4.78, 5) is 2.60. The van der Waals surface area contributed by atoms with Crippen molar-refractivity contribution in [3.63, 3.8) is 0 Å². The van der Waals surface area contributed by atoms with Gasteiger partial charge in [0.2, 0.25) is 0 Å². The van der Waals surface area contributed by atoms with Crippen molar-refractivity contribution in [1.82, 2.24) is 4.57 Å². The molecular formula is C48H39BN2O. The Balaban J connectivity index is 1.37. The predicted molar refractivity (Wildman–Crippen MR) is 222 cm³/mol. The Morgan fingerprint density at radius 1 is 0.558 bits per heavy atom. The van der Waals surface area contributed by atoms with Crippen molar-refractivity contribution in [3.8, 4) is 16.8 Å². The van der Waals surface area contributed by atoms with E-state index in [1.54, 1.807) is 0 Å². The number of fused-ring (bicyclic) bond motifs is 13. The van der Waals surface area contributed by atoms with E-state index in [9.17, 15) is 0 Å². The molecule has 2 aromatic heterocycles. The highest BCUT2D eigenvalue weighted by atomic mass is 16.3. The molecule has 0 N–H and O–H groups in total. The van der Waals surface area contributed by atoms with Gasteiger partial charge in [-0.25, -0.2) is 0 Å². The van der Waals surface area contributed by atoms with Gasteiger partial charge in [-0.15, -0.1) is 0 Å².